The lowest BCUT2D eigenvalue weighted by Gasteiger charge is -1.88. The normalized spacial score (nSPS) is 10.4. The average molecular weight is 194 g/mol. The van der Waals surface area contributed by atoms with Crippen molar-refractivity contribution < 1.29 is 13.6 Å². The summed E-state index contributed by atoms with van der Waals surface area (Å²) in [5.74, 6) is -0.899. The van der Waals surface area contributed by atoms with Crippen molar-refractivity contribution in [2.45, 2.75) is 0 Å². The van der Waals surface area contributed by atoms with E-state index in [2.05, 4.69) is 10.3 Å². The summed E-state index contributed by atoms with van der Waals surface area (Å²) in [5, 5.41) is 2.37. The molecule has 72 valence electrons. The molecule has 1 N–H and O–H groups in total. The van der Waals surface area contributed by atoms with Gasteiger partial charge in [0.05, 0.1) is 0 Å². The van der Waals surface area contributed by atoms with Crippen molar-refractivity contribution in [2.24, 2.45) is 0 Å². The van der Waals surface area contributed by atoms with E-state index in [4.69, 9.17) is 4.42 Å². The number of rotatable bonds is 1. The molecule has 0 saturated carbocycles. The van der Waals surface area contributed by atoms with Gasteiger partial charge < -0.3 is 9.73 Å². The highest BCUT2D eigenvalue weighted by Crippen LogP contribution is 2.16. The number of amides is 1. The van der Waals surface area contributed by atoms with Crippen LogP contribution in [0, 0.1) is 5.82 Å². The van der Waals surface area contributed by atoms with E-state index in [1.807, 2.05) is 0 Å². The number of oxazole rings is 1. The van der Waals surface area contributed by atoms with E-state index in [-0.39, 0.29) is 5.89 Å². The van der Waals surface area contributed by atoms with Crippen molar-refractivity contribution in [1.82, 2.24) is 10.3 Å². The van der Waals surface area contributed by atoms with Crippen LogP contribution in [0.3, 0.4) is 0 Å². The molecule has 0 bridgehead atoms. The zero-order valence-electron chi connectivity index (χ0n) is 7.37. The Kier molecular flexibility index (Phi) is 1.92. The number of hydrogen-bond donors (Lipinski definition) is 1. The average Bonchev–Trinajstić information content (AvgIpc) is 2.59. The van der Waals surface area contributed by atoms with Crippen molar-refractivity contribution in [1.29, 1.82) is 0 Å². The van der Waals surface area contributed by atoms with Gasteiger partial charge in [0.25, 0.3) is 5.89 Å². The van der Waals surface area contributed by atoms with Crippen LogP contribution in [0.1, 0.15) is 10.7 Å². The Morgan fingerprint density at radius 2 is 2.36 bits per heavy atom. The molecule has 0 radical (unpaired) electrons. The largest absolute Gasteiger partial charge is 0.432 e. The number of fused-ring (bicyclic) bond motifs is 1. The maximum Gasteiger partial charge on any atom is 0.306 e. The number of carbonyl (C=O) groups is 1. The molecule has 2 rings (SSSR count). The third-order valence-electron chi connectivity index (χ3n) is 1.77. The zero-order chi connectivity index (χ0) is 10.1. The van der Waals surface area contributed by atoms with Gasteiger partial charge in [0.1, 0.15) is 11.3 Å². The monoisotopic (exact) mass is 194 g/mol. The van der Waals surface area contributed by atoms with Crippen LogP contribution in [0.15, 0.2) is 22.6 Å². The summed E-state index contributed by atoms with van der Waals surface area (Å²) in [7, 11) is 1.47. The Morgan fingerprint density at radius 1 is 1.57 bits per heavy atom. The SMILES string of the molecule is CNC(=O)c1nc2cc(F)ccc2o1. The number of aromatic nitrogens is 1. The van der Waals surface area contributed by atoms with Gasteiger partial charge in [0.15, 0.2) is 5.58 Å². The number of hydrogen-bond acceptors (Lipinski definition) is 3. The topological polar surface area (TPSA) is 55.1 Å². The van der Waals surface area contributed by atoms with E-state index in [1.165, 1.54) is 25.2 Å². The lowest BCUT2D eigenvalue weighted by atomic mass is 10.3. The van der Waals surface area contributed by atoms with Crippen LogP contribution in [0.2, 0.25) is 0 Å². The van der Waals surface area contributed by atoms with Crippen molar-refractivity contribution in [3.05, 3.63) is 29.9 Å². The lowest BCUT2D eigenvalue weighted by molar-refractivity contribution is 0.0931. The molecule has 0 saturated heterocycles. The van der Waals surface area contributed by atoms with E-state index in [9.17, 15) is 9.18 Å². The summed E-state index contributed by atoms with van der Waals surface area (Å²) < 4.78 is 17.8. The molecule has 0 aliphatic rings. The Balaban J connectivity index is 2.56. The summed E-state index contributed by atoms with van der Waals surface area (Å²) in [4.78, 5) is 14.9. The Hall–Kier alpha value is -1.91. The second-order valence-corrected chi connectivity index (χ2v) is 2.71. The van der Waals surface area contributed by atoms with Crippen LogP contribution in [-0.2, 0) is 0 Å². The van der Waals surface area contributed by atoms with E-state index in [1.54, 1.807) is 0 Å². The summed E-state index contributed by atoms with van der Waals surface area (Å²) in [6, 6.07) is 3.90. The van der Waals surface area contributed by atoms with E-state index in [0.717, 1.165) is 0 Å². The molecule has 4 nitrogen and oxygen atoms in total. The summed E-state index contributed by atoms with van der Waals surface area (Å²) in [5.41, 5.74) is 0.730. The molecule has 14 heavy (non-hydrogen) atoms. The number of carbonyl (C=O) groups excluding carboxylic acids is 1. The molecule has 1 aromatic heterocycles. The lowest BCUT2D eigenvalue weighted by Crippen LogP contribution is -2.17. The van der Waals surface area contributed by atoms with Crippen LogP contribution in [0.25, 0.3) is 11.1 Å². The second kappa shape index (κ2) is 3.10. The first-order valence-corrected chi connectivity index (χ1v) is 3.99. The highest BCUT2D eigenvalue weighted by atomic mass is 19.1. The van der Waals surface area contributed by atoms with Crippen molar-refractivity contribution >= 4 is 17.0 Å². The molecular weight excluding hydrogens is 187 g/mol. The first-order chi connectivity index (χ1) is 6.70. The van der Waals surface area contributed by atoms with Crippen LogP contribution in [-0.4, -0.2) is 17.9 Å². The van der Waals surface area contributed by atoms with Gasteiger partial charge in [-0.1, -0.05) is 0 Å². The molecular formula is C9H7FN2O2. The molecule has 1 amide bonds. The highest BCUT2D eigenvalue weighted by molar-refractivity contribution is 5.92. The van der Waals surface area contributed by atoms with Crippen LogP contribution < -0.4 is 5.32 Å². The standard InChI is InChI=1S/C9H7FN2O2/c1-11-8(13)9-12-6-4-5(10)2-3-7(6)14-9/h2-4H,1H3,(H,11,13). The van der Waals surface area contributed by atoms with Gasteiger partial charge in [-0.05, 0) is 12.1 Å². The number of halogens is 1. The first kappa shape index (κ1) is 8.68. The van der Waals surface area contributed by atoms with E-state index >= 15 is 0 Å². The Bertz CT molecular complexity index is 493. The van der Waals surface area contributed by atoms with E-state index in [0.29, 0.717) is 11.1 Å². The zero-order valence-corrected chi connectivity index (χ0v) is 7.37. The van der Waals surface area contributed by atoms with Crippen LogP contribution in [0.5, 0.6) is 0 Å². The predicted octanol–water partition coefficient (Wildman–Crippen LogP) is 1.33. The van der Waals surface area contributed by atoms with Crippen LogP contribution >= 0.6 is 0 Å². The maximum absolute atomic E-state index is 12.7. The smallest absolute Gasteiger partial charge is 0.306 e. The number of nitrogens with zero attached hydrogens (tertiary/aromatic N) is 1. The molecule has 1 aromatic carbocycles. The minimum Gasteiger partial charge on any atom is -0.432 e. The van der Waals surface area contributed by atoms with Gasteiger partial charge in [-0.25, -0.2) is 9.37 Å². The maximum atomic E-state index is 12.7. The molecule has 0 unspecified atom stereocenters. The Labute approximate surface area is 78.7 Å². The van der Waals surface area contributed by atoms with Gasteiger partial charge in [0.2, 0.25) is 0 Å². The second-order valence-electron chi connectivity index (χ2n) is 2.71. The van der Waals surface area contributed by atoms with Gasteiger partial charge in [-0.3, -0.25) is 4.79 Å². The number of nitrogens with one attached hydrogen (secondary N) is 1. The fraction of sp³-hybridized carbons (Fsp3) is 0.111. The fourth-order valence-electron chi connectivity index (χ4n) is 1.10. The van der Waals surface area contributed by atoms with Gasteiger partial charge in [0, 0.05) is 13.1 Å². The highest BCUT2D eigenvalue weighted by Gasteiger charge is 2.12. The molecule has 0 spiro atoms. The molecule has 0 aliphatic carbocycles. The number of benzene rings is 1. The van der Waals surface area contributed by atoms with Gasteiger partial charge in [-0.15, -0.1) is 0 Å². The molecule has 0 atom stereocenters. The molecule has 2 aromatic rings. The molecule has 1 heterocycles. The molecule has 0 aliphatic heterocycles. The van der Waals surface area contributed by atoms with Gasteiger partial charge >= 0.3 is 5.91 Å². The third kappa shape index (κ3) is 1.32. The molecule has 0 fully saturated rings. The minimum atomic E-state index is -0.429. The predicted molar refractivity (Wildman–Crippen MR) is 47.4 cm³/mol. The quantitative estimate of drug-likeness (QED) is 0.744. The minimum absolute atomic E-state index is 0.0619. The third-order valence-corrected chi connectivity index (χ3v) is 1.77. The summed E-state index contributed by atoms with van der Waals surface area (Å²) in [6.45, 7) is 0. The fourth-order valence-corrected chi connectivity index (χ4v) is 1.10. The summed E-state index contributed by atoms with van der Waals surface area (Å²) in [6.07, 6.45) is 0. The first-order valence-electron chi connectivity index (χ1n) is 3.99. The van der Waals surface area contributed by atoms with Crippen molar-refractivity contribution in [2.75, 3.05) is 7.05 Å². The van der Waals surface area contributed by atoms with Crippen LogP contribution in [0.4, 0.5) is 4.39 Å². The van der Waals surface area contributed by atoms with E-state index < -0.39 is 11.7 Å². The Morgan fingerprint density at radius 3 is 3.07 bits per heavy atom. The summed E-state index contributed by atoms with van der Waals surface area (Å²) >= 11 is 0. The van der Waals surface area contributed by atoms with Gasteiger partial charge in [-0.2, -0.15) is 0 Å². The van der Waals surface area contributed by atoms with Crippen molar-refractivity contribution in [3.63, 3.8) is 0 Å². The van der Waals surface area contributed by atoms with Crippen molar-refractivity contribution in [3.8, 4) is 0 Å². The molecule has 5 heteroatoms.